The second-order valence-electron chi connectivity index (χ2n) is 4.33. The Hall–Kier alpha value is -1.98. The number of hydrogen-bond acceptors (Lipinski definition) is 3. The van der Waals surface area contributed by atoms with E-state index in [1.54, 1.807) is 0 Å². The molecule has 0 bridgehead atoms. The molecule has 0 spiro atoms. The Morgan fingerprint density at radius 2 is 2.17 bits per heavy atom. The Morgan fingerprint density at radius 3 is 2.72 bits per heavy atom. The van der Waals surface area contributed by atoms with Gasteiger partial charge in [0.2, 0.25) is 0 Å². The molecule has 1 aromatic rings. The van der Waals surface area contributed by atoms with Crippen LogP contribution in [0.1, 0.15) is 37.2 Å². The molecule has 3 N–H and O–H groups in total. The topological polar surface area (TPSA) is 91.4 Å². The van der Waals surface area contributed by atoms with Gasteiger partial charge in [0.1, 0.15) is 5.69 Å². The van der Waals surface area contributed by atoms with E-state index in [9.17, 15) is 9.59 Å². The molecule has 98 valence electrons. The zero-order valence-electron chi connectivity index (χ0n) is 10.3. The summed E-state index contributed by atoms with van der Waals surface area (Å²) < 4.78 is 5.61. The summed E-state index contributed by atoms with van der Waals surface area (Å²) in [6.45, 7) is 4.00. The Kier molecular flexibility index (Phi) is 3.27. The minimum absolute atomic E-state index is 0.00509. The number of carbonyl (C=O) groups is 2. The number of fused-ring (bicyclic) bond motifs is 1. The van der Waals surface area contributed by atoms with Gasteiger partial charge in [-0.25, -0.2) is 4.79 Å². The molecule has 0 saturated heterocycles. The van der Waals surface area contributed by atoms with Crippen LogP contribution in [0.15, 0.2) is 6.07 Å². The van der Waals surface area contributed by atoms with Crippen LogP contribution in [0.3, 0.4) is 0 Å². The van der Waals surface area contributed by atoms with Gasteiger partial charge in [0.25, 0.3) is 5.91 Å². The highest BCUT2D eigenvalue weighted by Gasteiger charge is 2.34. The van der Waals surface area contributed by atoms with Crippen molar-refractivity contribution < 1.29 is 19.4 Å². The lowest BCUT2D eigenvalue weighted by Crippen LogP contribution is -2.42. The molecule has 0 aromatic carbocycles. The molecular formula is C12H16N2O4. The SMILES string of the molecule is CCC(CC)C1Oc2cc(C(=O)O)[nH]c2NC1=O. The van der Waals surface area contributed by atoms with Gasteiger partial charge in [-0.05, 0) is 12.8 Å². The first-order valence-corrected chi connectivity index (χ1v) is 6.00. The molecule has 1 aliphatic heterocycles. The van der Waals surface area contributed by atoms with Gasteiger partial charge in [-0.3, -0.25) is 4.79 Å². The molecule has 0 aliphatic carbocycles. The molecule has 0 radical (unpaired) electrons. The van der Waals surface area contributed by atoms with Crippen molar-refractivity contribution in [3.63, 3.8) is 0 Å². The Morgan fingerprint density at radius 1 is 1.50 bits per heavy atom. The molecule has 0 saturated carbocycles. The maximum absolute atomic E-state index is 11.9. The van der Waals surface area contributed by atoms with Gasteiger partial charge in [-0.15, -0.1) is 0 Å². The third-order valence-corrected chi connectivity index (χ3v) is 3.25. The number of aromatic amines is 1. The minimum atomic E-state index is -1.08. The quantitative estimate of drug-likeness (QED) is 0.762. The smallest absolute Gasteiger partial charge is 0.352 e. The molecule has 1 aliphatic rings. The van der Waals surface area contributed by atoms with E-state index in [2.05, 4.69) is 10.3 Å². The van der Waals surface area contributed by atoms with E-state index < -0.39 is 12.1 Å². The predicted octanol–water partition coefficient (Wildman–Crippen LogP) is 1.85. The molecular weight excluding hydrogens is 236 g/mol. The van der Waals surface area contributed by atoms with E-state index in [1.165, 1.54) is 6.07 Å². The van der Waals surface area contributed by atoms with E-state index in [-0.39, 0.29) is 17.5 Å². The summed E-state index contributed by atoms with van der Waals surface area (Å²) in [5, 5.41) is 11.5. The minimum Gasteiger partial charge on any atom is -0.477 e. The molecule has 1 amide bonds. The molecule has 2 heterocycles. The van der Waals surface area contributed by atoms with Crippen LogP contribution in [0.25, 0.3) is 0 Å². The monoisotopic (exact) mass is 252 g/mol. The van der Waals surface area contributed by atoms with Crippen LogP contribution in [-0.4, -0.2) is 28.1 Å². The third-order valence-electron chi connectivity index (χ3n) is 3.25. The van der Waals surface area contributed by atoms with Gasteiger partial charge in [0.05, 0.1) is 0 Å². The van der Waals surface area contributed by atoms with Crippen molar-refractivity contribution in [3.05, 3.63) is 11.8 Å². The third kappa shape index (κ3) is 2.05. The van der Waals surface area contributed by atoms with E-state index in [1.807, 2.05) is 13.8 Å². The number of rotatable bonds is 4. The summed E-state index contributed by atoms with van der Waals surface area (Å²) >= 11 is 0. The fraction of sp³-hybridized carbons (Fsp3) is 0.500. The molecule has 6 nitrogen and oxygen atoms in total. The average Bonchev–Trinajstić information content (AvgIpc) is 2.74. The summed E-state index contributed by atoms with van der Waals surface area (Å²) in [5.41, 5.74) is 0.00509. The van der Waals surface area contributed by atoms with Crippen LogP contribution in [-0.2, 0) is 4.79 Å². The zero-order chi connectivity index (χ0) is 13.3. The van der Waals surface area contributed by atoms with Crippen molar-refractivity contribution in [1.82, 2.24) is 4.98 Å². The maximum atomic E-state index is 11.9. The molecule has 6 heteroatoms. The molecule has 1 unspecified atom stereocenters. The largest absolute Gasteiger partial charge is 0.477 e. The zero-order valence-corrected chi connectivity index (χ0v) is 10.3. The number of carboxylic acids is 1. The van der Waals surface area contributed by atoms with Crippen molar-refractivity contribution in [3.8, 4) is 5.75 Å². The summed E-state index contributed by atoms with van der Waals surface area (Å²) in [6, 6.07) is 1.40. The number of ether oxygens (including phenoxy) is 1. The average molecular weight is 252 g/mol. The second-order valence-corrected chi connectivity index (χ2v) is 4.33. The van der Waals surface area contributed by atoms with Crippen molar-refractivity contribution in [1.29, 1.82) is 0 Å². The first-order chi connectivity index (χ1) is 8.56. The summed E-state index contributed by atoms with van der Waals surface area (Å²) in [6.07, 6.45) is 1.12. The Bertz CT molecular complexity index is 476. The molecule has 2 rings (SSSR count). The Labute approximate surface area is 104 Å². The van der Waals surface area contributed by atoms with Crippen LogP contribution in [0, 0.1) is 5.92 Å². The van der Waals surface area contributed by atoms with E-state index in [0.717, 1.165) is 12.8 Å². The molecule has 0 fully saturated rings. The molecule has 1 aromatic heterocycles. The number of aromatic nitrogens is 1. The highest BCUT2D eigenvalue weighted by atomic mass is 16.5. The number of carbonyl (C=O) groups excluding carboxylic acids is 1. The molecule has 18 heavy (non-hydrogen) atoms. The van der Waals surface area contributed by atoms with Crippen LogP contribution in [0.4, 0.5) is 5.82 Å². The number of aromatic carboxylic acids is 1. The van der Waals surface area contributed by atoms with Crippen molar-refractivity contribution in [2.45, 2.75) is 32.8 Å². The van der Waals surface area contributed by atoms with Gasteiger partial charge >= 0.3 is 5.97 Å². The van der Waals surface area contributed by atoms with Gasteiger partial charge < -0.3 is 20.1 Å². The highest BCUT2D eigenvalue weighted by Crippen LogP contribution is 2.33. The van der Waals surface area contributed by atoms with Crippen LogP contribution >= 0.6 is 0 Å². The normalized spacial score (nSPS) is 18.2. The van der Waals surface area contributed by atoms with E-state index in [0.29, 0.717) is 11.6 Å². The van der Waals surface area contributed by atoms with Crippen molar-refractivity contribution >= 4 is 17.7 Å². The van der Waals surface area contributed by atoms with Gasteiger partial charge in [-0.1, -0.05) is 13.8 Å². The number of amides is 1. The number of anilines is 1. The lowest BCUT2D eigenvalue weighted by molar-refractivity contribution is -0.126. The van der Waals surface area contributed by atoms with Crippen LogP contribution in [0.2, 0.25) is 0 Å². The fourth-order valence-electron chi connectivity index (χ4n) is 2.15. The van der Waals surface area contributed by atoms with Gasteiger partial charge in [-0.2, -0.15) is 0 Å². The predicted molar refractivity (Wildman–Crippen MR) is 64.9 cm³/mol. The van der Waals surface area contributed by atoms with E-state index >= 15 is 0 Å². The fourth-order valence-corrected chi connectivity index (χ4v) is 2.15. The summed E-state index contributed by atoms with van der Waals surface area (Å²) in [4.78, 5) is 25.3. The number of H-pyrrole nitrogens is 1. The first-order valence-electron chi connectivity index (χ1n) is 6.00. The maximum Gasteiger partial charge on any atom is 0.352 e. The number of hydrogen-bond donors (Lipinski definition) is 3. The van der Waals surface area contributed by atoms with E-state index in [4.69, 9.17) is 9.84 Å². The number of carboxylic acid groups (broad SMARTS) is 1. The van der Waals surface area contributed by atoms with Crippen LogP contribution in [0.5, 0.6) is 5.75 Å². The highest BCUT2D eigenvalue weighted by molar-refractivity contribution is 5.98. The Balaban J connectivity index is 2.26. The molecule has 1 atom stereocenters. The van der Waals surface area contributed by atoms with Gasteiger partial charge in [0.15, 0.2) is 17.7 Å². The van der Waals surface area contributed by atoms with Crippen molar-refractivity contribution in [2.75, 3.05) is 5.32 Å². The lowest BCUT2D eigenvalue weighted by Gasteiger charge is -2.28. The summed E-state index contributed by atoms with van der Waals surface area (Å²) in [7, 11) is 0. The van der Waals surface area contributed by atoms with Crippen LogP contribution < -0.4 is 10.1 Å². The van der Waals surface area contributed by atoms with Crippen molar-refractivity contribution in [2.24, 2.45) is 5.92 Å². The standard InChI is InChI=1S/C12H16N2O4/c1-3-6(4-2)9-11(15)14-10-8(18-9)5-7(13-10)12(16)17/h5-6,9,13H,3-4H2,1-2H3,(H,14,15)(H,16,17). The number of nitrogens with one attached hydrogen (secondary N) is 2. The lowest BCUT2D eigenvalue weighted by atomic mass is 9.95. The van der Waals surface area contributed by atoms with Gasteiger partial charge in [0, 0.05) is 12.0 Å². The first kappa shape index (κ1) is 12.5. The second kappa shape index (κ2) is 4.72. The summed E-state index contributed by atoms with van der Waals surface area (Å²) in [5.74, 6) is -0.471.